The minimum Gasteiger partial charge on any atom is -0.389 e. The summed E-state index contributed by atoms with van der Waals surface area (Å²) in [6.07, 6.45) is 0. The van der Waals surface area contributed by atoms with Gasteiger partial charge >= 0.3 is 0 Å². The molecule has 0 aliphatic heterocycles. The number of aliphatic hydroxyl groups is 1. The van der Waals surface area contributed by atoms with Gasteiger partial charge in [-0.05, 0) is 38.5 Å². The van der Waals surface area contributed by atoms with Gasteiger partial charge in [-0.2, -0.15) is 0 Å². The van der Waals surface area contributed by atoms with Crippen LogP contribution in [-0.4, -0.2) is 26.8 Å². The van der Waals surface area contributed by atoms with Gasteiger partial charge in [-0.15, -0.1) is 0 Å². The van der Waals surface area contributed by atoms with Crippen LogP contribution in [-0.2, 0) is 13.6 Å². The molecule has 0 unspecified atom stereocenters. The van der Waals surface area contributed by atoms with Crippen molar-refractivity contribution in [2.45, 2.75) is 32.9 Å². The SMILES string of the molecule is Cc1nc2cc(CNCC(C)(C)O)ccc2n1C. The fraction of sp³-hybridized carbons (Fsp3) is 0.500. The molecular weight excluding hydrogens is 226 g/mol. The fourth-order valence-electron chi connectivity index (χ4n) is 1.99. The highest BCUT2D eigenvalue weighted by molar-refractivity contribution is 5.76. The topological polar surface area (TPSA) is 50.1 Å². The van der Waals surface area contributed by atoms with Crippen LogP contribution in [0.4, 0.5) is 0 Å². The van der Waals surface area contributed by atoms with Crippen molar-refractivity contribution in [3.8, 4) is 0 Å². The van der Waals surface area contributed by atoms with Crippen LogP contribution in [0, 0.1) is 6.92 Å². The Balaban J connectivity index is 2.11. The summed E-state index contributed by atoms with van der Waals surface area (Å²) in [6.45, 7) is 6.92. The van der Waals surface area contributed by atoms with E-state index in [1.165, 1.54) is 5.56 Å². The van der Waals surface area contributed by atoms with Crippen LogP contribution in [0.5, 0.6) is 0 Å². The molecular formula is C14H21N3O. The molecule has 0 radical (unpaired) electrons. The van der Waals surface area contributed by atoms with Crippen molar-refractivity contribution in [2.24, 2.45) is 7.05 Å². The minimum absolute atomic E-state index is 0.576. The summed E-state index contributed by atoms with van der Waals surface area (Å²) in [4.78, 5) is 4.52. The van der Waals surface area contributed by atoms with Crippen molar-refractivity contribution in [3.63, 3.8) is 0 Å². The lowest BCUT2D eigenvalue weighted by Gasteiger charge is -2.17. The van der Waals surface area contributed by atoms with E-state index in [4.69, 9.17) is 0 Å². The molecule has 1 aromatic carbocycles. The van der Waals surface area contributed by atoms with Crippen molar-refractivity contribution in [1.29, 1.82) is 0 Å². The predicted molar refractivity (Wildman–Crippen MR) is 73.5 cm³/mol. The van der Waals surface area contributed by atoms with Crippen LogP contribution in [0.15, 0.2) is 18.2 Å². The summed E-state index contributed by atoms with van der Waals surface area (Å²) in [6, 6.07) is 6.29. The highest BCUT2D eigenvalue weighted by Gasteiger charge is 2.11. The maximum Gasteiger partial charge on any atom is 0.106 e. The Morgan fingerprint density at radius 2 is 2.11 bits per heavy atom. The van der Waals surface area contributed by atoms with Crippen LogP contribution in [0.25, 0.3) is 11.0 Å². The molecule has 1 heterocycles. The molecule has 0 amide bonds. The summed E-state index contributed by atoms with van der Waals surface area (Å²) in [5.74, 6) is 1.02. The molecule has 2 N–H and O–H groups in total. The monoisotopic (exact) mass is 247 g/mol. The lowest BCUT2D eigenvalue weighted by atomic mass is 10.1. The Kier molecular flexibility index (Phi) is 3.41. The number of hydrogen-bond donors (Lipinski definition) is 2. The van der Waals surface area contributed by atoms with Gasteiger partial charge in [-0.25, -0.2) is 4.98 Å². The summed E-state index contributed by atoms with van der Waals surface area (Å²) < 4.78 is 2.09. The summed E-state index contributed by atoms with van der Waals surface area (Å²) in [5.41, 5.74) is 2.69. The Morgan fingerprint density at radius 3 is 2.78 bits per heavy atom. The summed E-state index contributed by atoms with van der Waals surface area (Å²) in [5, 5.41) is 12.9. The second-order valence-corrected chi connectivity index (χ2v) is 5.46. The summed E-state index contributed by atoms with van der Waals surface area (Å²) in [7, 11) is 2.02. The first-order valence-electron chi connectivity index (χ1n) is 6.22. The summed E-state index contributed by atoms with van der Waals surface area (Å²) >= 11 is 0. The first kappa shape index (κ1) is 13.1. The van der Waals surface area contributed by atoms with Crippen LogP contribution in [0.1, 0.15) is 25.2 Å². The van der Waals surface area contributed by atoms with Crippen LogP contribution >= 0.6 is 0 Å². The quantitative estimate of drug-likeness (QED) is 0.865. The standard InChI is InChI=1S/C14H21N3O/c1-10-16-12-7-11(5-6-13(12)17(10)4)8-15-9-14(2,3)18/h5-7,15,18H,8-9H2,1-4H3. The van der Waals surface area contributed by atoms with Gasteiger partial charge in [0.1, 0.15) is 5.82 Å². The van der Waals surface area contributed by atoms with E-state index in [2.05, 4.69) is 33.1 Å². The molecule has 4 heteroatoms. The van der Waals surface area contributed by atoms with E-state index in [9.17, 15) is 5.11 Å². The van der Waals surface area contributed by atoms with E-state index in [1.807, 2.05) is 14.0 Å². The maximum atomic E-state index is 9.63. The van der Waals surface area contributed by atoms with Crippen molar-refractivity contribution in [1.82, 2.24) is 14.9 Å². The lowest BCUT2D eigenvalue weighted by Crippen LogP contribution is -2.34. The van der Waals surface area contributed by atoms with Crippen LogP contribution < -0.4 is 5.32 Å². The Hall–Kier alpha value is -1.39. The van der Waals surface area contributed by atoms with Crippen molar-refractivity contribution in [3.05, 3.63) is 29.6 Å². The maximum absolute atomic E-state index is 9.63. The number of benzene rings is 1. The molecule has 2 rings (SSSR count). The van der Waals surface area contributed by atoms with Gasteiger partial charge in [0.05, 0.1) is 16.6 Å². The van der Waals surface area contributed by atoms with Crippen molar-refractivity contribution in [2.75, 3.05) is 6.54 Å². The molecule has 2 aromatic rings. The van der Waals surface area contributed by atoms with Crippen LogP contribution in [0.2, 0.25) is 0 Å². The first-order valence-corrected chi connectivity index (χ1v) is 6.22. The molecule has 0 saturated heterocycles. The highest BCUT2D eigenvalue weighted by Crippen LogP contribution is 2.16. The lowest BCUT2D eigenvalue weighted by molar-refractivity contribution is 0.0795. The fourth-order valence-corrected chi connectivity index (χ4v) is 1.99. The smallest absolute Gasteiger partial charge is 0.106 e. The van der Waals surface area contributed by atoms with Gasteiger partial charge < -0.3 is 15.0 Å². The molecule has 0 fully saturated rings. The molecule has 0 atom stereocenters. The van der Waals surface area contributed by atoms with E-state index in [0.717, 1.165) is 23.4 Å². The minimum atomic E-state index is -0.675. The van der Waals surface area contributed by atoms with Gasteiger partial charge in [0.2, 0.25) is 0 Å². The largest absolute Gasteiger partial charge is 0.389 e. The highest BCUT2D eigenvalue weighted by atomic mass is 16.3. The number of aryl methyl sites for hydroxylation is 2. The first-order chi connectivity index (χ1) is 8.37. The zero-order valence-electron chi connectivity index (χ0n) is 11.5. The number of aromatic nitrogens is 2. The average Bonchev–Trinajstić information content (AvgIpc) is 2.53. The second-order valence-electron chi connectivity index (χ2n) is 5.46. The number of nitrogens with one attached hydrogen (secondary N) is 1. The van der Waals surface area contributed by atoms with E-state index < -0.39 is 5.60 Å². The van der Waals surface area contributed by atoms with Crippen LogP contribution in [0.3, 0.4) is 0 Å². The zero-order chi connectivity index (χ0) is 13.3. The molecule has 0 bridgehead atoms. The van der Waals surface area contributed by atoms with Gasteiger partial charge in [0.15, 0.2) is 0 Å². The Bertz CT molecular complexity index is 552. The van der Waals surface area contributed by atoms with E-state index >= 15 is 0 Å². The molecule has 0 aliphatic carbocycles. The van der Waals surface area contributed by atoms with Crippen molar-refractivity contribution < 1.29 is 5.11 Å². The molecule has 0 saturated carbocycles. The second kappa shape index (κ2) is 4.71. The number of fused-ring (bicyclic) bond motifs is 1. The number of hydrogen-bond acceptors (Lipinski definition) is 3. The van der Waals surface area contributed by atoms with E-state index in [0.29, 0.717) is 6.54 Å². The Labute approximate surface area is 108 Å². The van der Waals surface area contributed by atoms with Gasteiger partial charge in [-0.3, -0.25) is 0 Å². The number of nitrogens with zero attached hydrogens (tertiary/aromatic N) is 2. The van der Waals surface area contributed by atoms with E-state index in [1.54, 1.807) is 13.8 Å². The predicted octanol–water partition coefficient (Wildman–Crippen LogP) is 1.74. The third kappa shape index (κ3) is 2.89. The number of imidazole rings is 1. The molecule has 4 nitrogen and oxygen atoms in total. The third-order valence-electron chi connectivity index (χ3n) is 3.06. The molecule has 18 heavy (non-hydrogen) atoms. The molecule has 1 aromatic heterocycles. The third-order valence-corrected chi connectivity index (χ3v) is 3.06. The molecule has 98 valence electrons. The van der Waals surface area contributed by atoms with Crippen molar-refractivity contribution >= 4 is 11.0 Å². The van der Waals surface area contributed by atoms with Gasteiger partial charge in [0.25, 0.3) is 0 Å². The number of rotatable bonds is 4. The van der Waals surface area contributed by atoms with Gasteiger partial charge in [0, 0.05) is 20.1 Å². The molecule has 0 aliphatic rings. The molecule has 0 spiro atoms. The normalized spacial score (nSPS) is 12.3. The zero-order valence-corrected chi connectivity index (χ0v) is 11.5. The van der Waals surface area contributed by atoms with Gasteiger partial charge in [-0.1, -0.05) is 6.07 Å². The Morgan fingerprint density at radius 1 is 1.39 bits per heavy atom. The average molecular weight is 247 g/mol. The van der Waals surface area contributed by atoms with E-state index in [-0.39, 0.29) is 0 Å².